The van der Waals surface area contributed by atoms with Gasteiger partial charge in [0.1, 0.15) is 5.01 Å². The lowest BCUT2D eigenvalue weighted by molar-refractivity contribution is -0.115. The van der Waals surface area contributed by atoms with Gasteiger partial charge in [-0.2, -0.15) is 0 Å². The largest absolute Gasteiger partial charge is 0.361 e. The smallest absolute Gasteiger partial charge is 0.225 e. The number of aromatic amines is 1. The van der Waals surface area contributed by atoms with E-state index < -0.39 is 0 Å². The number of rotatable bonds is 4. The summed E-state index contributed by atoms with van der Waals surface area (Å²) in [5, 5.41) is 13.5. The zero-order chi connectivity index (χ0) is 13.9. The summed E-state index contributed by atoms with van der Waals surface area (Å²) < 4.78 is 0. The van der Waals surface area contributed by atoms with E-state index in [0.29, 0.717) is 18.0 Å². The van der Waals surface area contributed by atoms with E-state index in [2.05, 4.69) is 26.6 Å². The number of hydrogen-bond acceptors (Lipinski definition) is 4. The molecule has 0 spiro atoms. The van der Waals surface area contributed by atoms with Crippen molar-refractivity contribution in [3.05, 3.63) is 41.0 Å². The molecular formula is C14H14N4OS. The summed E-state index contributed by atoms with van der Waals surface area (Å²) in [5.41, 5.74) is 2.30. The zero-order valence-corrected chi connectivity index (χ0v) is 11.8. The minimum atomic E-state index is -0.0419. The number of carbonyl (C=O) groups excluding carboxylic acids is 1. The fourth-order valence-electron chi connectivity index (χ4n) is 2.02. The topological polar surface area (TPSA) is 70.7 Å². The first-order valence-corrected chi connectivity index (χ1v) is 7.25. The maximum absolute atomic E-state index is 11.3. The van der Waals surface area contributed by atoms with Gasteiger partial charge in [-0.1, -0.05) is 36.5 Å². The van der Waals surface area contributed by atoms with Crippen molar-refractivity contribution in [3.63, 3.8) is 0 Å². The highest BCUT2D eigenvalue weighted by atomic mass is 32.1. The van der Waals surface area contributed by atoms with Gasteiger partial charge >= 0.3 is 0 Å². The molecule has 0 aliphatic heterocycles. The zero-order valence-electron chi connectivity index (χ0n) is 11.0. The average Bonchev–Trinajstić information content (AvgIpc) is 3.07. The van der Waals surface area contributed by atoms with Gasteiger partial charge in [-0.05, 0) is 11.6 Å². The van der Waals surface area contributed by atoms with Gasteiger partial charge in [0, 0.05) is 29.9 Å². The number of fused-ring (bicyclic) bond motifs is 1. The third kappa shape index (κ3) is 2.55. The predicted octanol–water partition coefficient (Wildman–Crippen LogP) is 2.96. The molecule has 0 saturated carbocycles. The molecule has 1 aromatic carbocycles. The highest BCUT2D eigenvalue weighted by Crippen LogP contribution is 2.23. The lowest BCUT2D eigenvalue weighted by Gasteiger charge is -1.95. The number of benzene rings is 1. The van der Waals surface area contributed by atoms with Crippen molar-refractivity contribution < 1.29 is 4.79 Å². The number of aromatic nitrogens is 3. The fraction of sp³-hybridized carbons (Fsp3) is 0.214. The van der Waals surface area contributed by atoms with Crippen LogP contribution in [0.2, 0.25) is 0 Å². The first kappa shape index (κ1) is 12.8. The number of hydrogen-bond donors (Lipinski definition) is 2. The standard InChI is InChI=1S/C14H14N4OS/c1-2-12(19)16-14-18-17-13(20-14)7-9-8-15-11-6-4-3-5-10(9)11/h3-6,8,15H,2,7H2,1H3,(H,16,18,19). The van der Waals surface area contributed by atoms with Crippen LogP contribution in [-0.4, -0.2) is 21.1 Å². The number of amides is 1. The van der Waals surface area contributed by atoms with Gasteiger partial charge in [0.05, 0.1) is 0 Å². The lowest BCUT2D eigenvalue weighted by atomic mass is 10.1. The normalized spacial score (nSPS) is 10.8. The van der Waals surface area contributed by atoms with Crippen LogP contribution in [0, 0.1) is 0 Å². The van der Waals surface area contributed by atoms with Crippen LogP contribution >= 0.6 is 11.3 Å². The summed E-state index contributed by atoms with van der Waals surface area (Å²) in [6, 6.07) is 8.16. The molecule has 0 bridgehead atoms. The van der Waals surface area contributed by atoms with Crippen molar-refractivity contribution >= 4 is 33.3 Å². The Morgan fingerprint density at radius 2 is 2.20 bits per heavy atom. The number of carbonyl (C=O) groups is 1. The first-order valence-electron chi connectivity index (χ1n) is 6.43. The molecule has 0 atom stereocenters. The van der Waals surface area contributed by atoms with Gasteiger partial charge in [0.15, 0.2) is 0 Å². The first-order chi connectivity index (χ1) is 9.76. The molecule has 6 heteroatoms. The van der Waals surface area contributed by atoms with Crippen molar-refractivity contribution in [2.24, 2.45) is 0 Å². The van der Waals surface area contributed by atoms with Crippen LogP contribution in [0.15, 0.2) is 30.5 Å². The van der Waals surface area contributed by atoms with Gasteiger partial charge < -0.3 is 10.3 Å². The second-order valence-corrected chi connectivity index (χ2v) is 5.50. The molecule has 0 saturated heterocycles. The van der Waals surface area contributed by atoms with Crippen LogP contribution in [0.3, 0.4) is 0 Å². The van der Waals surface area contributed by atoms with E-state index in [0.717, 1.165) is 10.5 Å². The molecule has 102 valence electrons. The third-order valence-electron chi connectivity index (χ3n) is 3.05. The van der Waals surface area contributed by atoms with Gasteiger partial charge in [0.25, 0.3) is 0 Å². The Balaban J connectivity index is 1.79. The summed E-state index contributed by atoms with van der Waals surface area (Å²) in [6.45, 7) is 1.81. The maximum atomic E-state index is 11.3. The summed E-state index contributed by atoms with van der Waals surface area (Å²) in [4.78, 5) is 14.5. The molecular weight excluding hydrogens is 272 g/mol. The van der Waals surface area contributed by atoms with Crippen LogP contribution in [0.25, 0.3) is 10.9 Å². The van der Waals surface area contributed by atoms with Crippen molar-refractivity contribution in [2.45, 2.75) is 19.8 Å². The second kappa shape index (κ2) is 5.42. The highest BCUT2D eigenvalue weighted by molar-refractivity contribution is 7.15. The molecule has 0 aliphatic carbocycles. The Morgan fingerprint density at radius 3 is 3.05 bits per heavy atom. The Labute approximate surface area is 120 Å². The highest BCUT2D eigenvalue weighted by Gasteiger charge is 2.10. The Kier molecular flexibility index (Phi) is 3.47. The summed E-state index contributed by atoms with van der Waals surface area (Å²) in [5.74, 6) is -0.0419. The summed E-state index contributed by atoms with van der Waals surface area (Å²) in [6.07, 6.45) is 3.15. The van der Waals surface area contributed by atoms with Crippen molar-refractivity contribution in [3.8, 4) is 0 Å². The van der Waals surface area contributed by atoms with E-state index in [1.807, 2.05) is 31.3 Å². The third-order valence-corrected chi connectivity index (χ3v) is 3.89. The number of nitrogens with one attached hydrogen (secondary N) is 2. The maximum Gasteiger partial charge on any atom is 0.225 e. The molecule has 0 fully saturated rings. The summed E-state index contributed by atoms with van der Waals surface area (Å²) >= 11 is 1.42. The Bertz CT molecular complexity index is 746. The number of H-pyrrole nitrogens is 1. The number of para-hydroxylation sites is 1. The number of anilines is 1. The van der Waals surface area contributed by atoms with E-state index in [9.17, 15) is 4.79 Å². The van der Waals surface area contributed by atoms with E-state index in [4.69, 9.17) is 0 Å². The minimum Gasteiger partial charge on any atom is -0.361 e. The predicted molar refractivity (Wildman–Crippen MR) is 79.9 cm³/mol. The Morgan fingerprint density at radius 1 is 1.35 bits per heavy atom. The van der Waals surface area contributed by atoms with Gasteiger partial charge in [0.2, 0.25) is 11.0 Å². The molecule has 0 radical (unpaired) electrons. The molecule has 1 amide bonds. The average molecular weight is 286 g/mol. The van der Waals surface area contributed by atoms with Gasteiger partial charge in [-0.15, -0.1) is 10.2 Å². The van der Waals surface area contributed by atoms with Crippen molar-refractivity contribution in [1.82, 2.24) is 15.2 Å². The molecule has 3 rings (SSSR count). The van der Waals surface area contributed by atoms with Gasteiger partial charge in [-0.25, -0.2) is 0 Å². The molecule has 2 aromatic heterocycles. The van der Waals surface area contributed by atoms with E-state index in [1.165, 1.54) is 22.3 Å². The lowest BCUT2D eigenvalue weighted by Crippen LogP contribution is -2.08. The molecule has 0 aliphatic rings. The van der Waals surface area contributed by atoms with Crippen LogP contribution in [0.4, 0.5) is 5.13 Å². The van der Waals surface area contributed by atoms with E-state index in [-0.39, 0.29) is 5.91 Å². The number of nitrogens with zero attached hydrogens (tertiary/aromatic N) is 2. The molecule has 2 heterocycles. The SMILES string of the molecule is CCC(=O)Nc1nnc(Cc2c[nH]c3ccccc23)s1. The molecule has 5 nitrogen and oxygen atoms in total. The van der Waals surface area contributed by atoms with Crippen LogP contribution < -0.4 is 5.32 Å². The van der Waals surface area contributed by atoms with Gasteiger partial charge in [-0.3, -0.25) is 4.79 Å². The van der Waals surface area contributed by atoms with E-state index in [1.54, 1.807) is 0 Å². The molecule has 20 heavy (non-hydrogen) atoms. The molecule has 2 N–H and O–H groups in total. The van der Waals surface area contributed by atoms with Crippen molar-refractivity contribution in [1.29, 1.82) is 0 Å². The van der Waals surface area contributed by atoms with Crippen molar-refractivity contribution in [2.75, 3.05) is 5.32 Å². The molecule has 0 unspecified atom stereocenters. The quantitative estimate of drug-likeness (QED) is 0.774. The van der Waals surface area contributed by atoms with Crippen LogP contribution in [-0.2, 0) is 11.2 Å². The van der Waals surface area contributed by atoms with E-state index >= 15 is 0 Å². The fourth-order valence-corrected chi connectivity index (χ4v) is 2.80. The van der Waals surface area contributed by atoms with Crippen LogP contribution in [0.1, 0.15) is 23.9 Å². The minimum absolute atomic E-state index is 0.0419. The summed E-state index contributed by atoms with van der Waals surface area (Å²) in [7, 11) is 0. The second-order valence-electron chi connectivity index (χ2n) is 4.44. The molecule has 3 aromatic rings. The monoisotopic (exact) mass is 286 g/mol. The van der Waals surface area contributed by atoms with Crippen LogP contribution in [0.5, 0.6) is 0 Å². The Hall–Kier alpha value is -2.21.